The van der Waals surface area contributed by atoms with Gasteiger partial charge in [0.05, 0.1) is 11.5 Å². The molecule has 1 fully saturated rings. The van der Waals surface area contributed by atoms with Gasteiger partial charge in [0, 0.05) is 26.2 Å². The number of rotatable bonds is 3. The number of ether oxygens (including phenoxy) is 1. The number of carbonyl (C=O) groups is 1. The fourth-order valence-electron chi connectivity index (χ4n) is 2.46. The smallest absolute Gasteiger partial charge is 0.409 e. The molecule has 1 aromatic carbocycles. The van der Waals surface area contributed by atoms with E-state index in [-0.39, 0.29) is 12.6 Å². The summed E-state index contributed by atoms with van der Waals surface area (Å²) in [7, 11) is -3.51. The van der Waals surface area contributed by atoms with E-state index in [2.05, 4.69) is 0 Å². The Bertz CT molecular complexity index is 630. The molecule has 22 heavy (non-hydrogen) atoms. The molecule has 0 bridgehead atoms. The first-order chi connectivity index (χ1) is 10.4. The third-order valence-electron chi connectivity index (χ3n) is 3.61. The molecule has 0 unspecified atom stereocenters. The van der Waals surface area contributed by atoms with E-state index in [0.717, 1.165) is 5.56 Å². The second-order valence-electron chi connectivity index (χ2n) is 5.26. The topological polar surface area (TPSA) is 66.9 Å². The number of benzene rings is 1. The van der Waals surface area contributed by atoms with Crippen LogP contribution in [0.15, 0.2) is 29.2 Å². The van der Waals surface area contributed by atoms with Crippen molar-refractivity contribution in [2.45, 2.75) is 25.2 Å². The van der Waals surface area contributed by atoms with E-state index >= 15 is 0 Å². The maximum Gasteiger partial charge on any atom is 0.409 e. The van der Waals surface area contributed by atoms with Crippen molar-refractivity contribution < 1.29 is 17.9 Å². The van der Waals surface area contributed by atoms with Crippen LogP contribution in [0.2, 0.25) is 0 Å². The van der Waals surface area contributed by atoms with E-state index in [1.54, 1.807) is 30.0 Å². The van der Waals surface area contributed by atoms with Crippen molar-refractivity contribution in [3.63, 3.8) is 0 Å². The van der Waals surface area contributed by atoms with Crippen molar-refractivity contribution in [3.8, 4) is 0 Å². The van der Waals surface area contributed by atoms with Crippen LogP contribution in [0.3, 0.4) is 0 Å². The minimum absolute atomic E-state index is 0.287. The molecule has 0 aliphatic carbocycles. The molecule has 0 saturated carbocycles. The van der Waals surface area contributed by atoms with Crippen molar-refractivity contribution >= 4 is 16.1 Å². The molecule has 7 heteroatoms. The van der Waals surface area contributed by atoms with Gasteiger partial charge < -0.3 is 9.64 Å². The first-order valence-corrected chi connectivity index (χ1v) is 8.87. The minimum atomic E-state index is -3.51. The summed E-state index contributed by atoms with van der Waals surface area (Å²) in [5.41, 5.74) is 0.907. The third-order valence-corrected chi connectivity index (χ3v) is 5.50. The van der Waals surface area contributed by atoms with Crippen LogP contribution in [-0.2, 0) is 14.8 Å². The first-order valence-electron chi connectivity index (χ1n) is 7.43. The zero-order valence-electron chi connectivity index (χ0n) is 13.0. The molecule has 1 aliphatic rings. The van der Waals surface area contributed by atoms with E-state index in [9.17, 15) is 13.2 Å². The second-order valence-corrected chi connectivity index (χ2v) is 7.20. The van der Waals surface area contributed by atoms with Crippen LogP contribution in [-0.4, -0.2) is 56.5 Å². The molecule has 6 nitrogen and oxygen atoms in total. The highest BCUT2D eigenvalue weighted by Crippen LogP contribution is 2.19. The Morgan fingerprint density at radius 1 is 1.23 bits per heavy atom. The van der Waals surface area contributed by atoms with Gasteiger partial charge in [0.15, 0.2) is 0 Å². The molecular formula is C15H22N2O4S. The van der Waals surface area contributed by atoms with E-state index < -0.39 is 10.0 Å². The molecule has 0 atom stereocenters. The first kappa shape index (κ1) is 16.8. The predicted molar refractivity (Wildman–Crippen MR) is 83.1 cm³/mol. The molecule has 1 aromatic rings. The van der Waals surface area contributed by atoms with Crippen LogP contribution in [0.25, 0.3) is 0 Å². The van der Waals surface area contributed by atoms with E-state index in [4.69, 9.17) is 4.74 Å². The Labute approximate surface area is 131 Å². The lowest BCUT2D eigenvalue weighted by atomic mass is 10.2. The van der Waals surface area contributed by atoms with Gasteiger partial charge in [0.25, 0.3) is 0 Å². The highest BCUT2D eigenvalue weighted by atomic mass is 32.2. The van der Waals surface area contributed by atoms with E-state index in [1.807, 2.05) is 13.0 Å². The standard InChI is InChI=1S/C15H22N2O4S/c1-3-21-15(18)16-8-5-9-17(11-10-16)22(19,20)14-7-4-6-13(2)12-14/h4,6-7,12H,3,5,8-11H2,1-2H3. The Morgan fingerprint density at radius 2 is 2.00 bits per heavy atom. The number of nitrogens with zero attached hydrogens (tertiary/aromatic N) is 2. The van der Waals surface area contributed by atoms with Crippen molar-refractivity contribution in [1.29, 1.82) is 0 Å². The summed E-state index contributed by atoms with van der Waals surface area (Å²) >= 11 is 0. The molecule has 1 amide bonds. The minimum Gasteiger partial charge on any atom is -0.450 e. The Hall–Kier alpha value is -1.60. The monoisotopic (exact) mass is 326 g/mol. The van der Waals surface area contributed by atoms with Crippen LogP contribution < -0.4 is 0 Å². The zero-order valence-corrected chi connectivity index (χ0v) is 13.8. The summed E-state index contributed by atoms with van der Waals surface area (Å²) < 4.78 is 31.8. The average Bonchev–Trinajstić information content (AvgIpc) is 2.74. The summed E-state index contributed by atoms with van der Waals surface area (Å²) in [5, 5.41) is 0. The van der Waals surface area contributed by atoms with Gasteiger partial charge in [-0.2, -0.15) is 4.31 Å². The molecule has 0 N–H and O–H groups in total. The lowest BCUT2D eigenvalue weighted by Crippen LogP contribution is -2.37. The molecule has 1 aliphatic heterocycles. The van der Waals surface area contributed by atoms with Gasteiger partial charge in [-0.3, -0.25) is 0 Å². The normalized spacial score (nSPS) is 17.1. The number of carbonyl (C=O) groups excluding carboxylic acids is 1. The summed E-state index contributed by atoms with van der Waals surface area (Å²) in [6.07, 6.45) is 0.224. The average molecular weight is 326 g/mol. The van der Waals surface area contributed by atoms with Gasteiger partial charge in [-0.15, -0.1) is 0 Å². The predicted octanol–water partition coefficient (Wildman–Crippen LogP) is 1.85. The second kappa shape index (κ2) is 7.11. The Kier molecular flexibility index (Phi) is 5.42. The highest BCUT2D eigenvalue weighted by molar-refractivity contribution is 7.89. The summed E-state index contributed by atoms with van der Waals surface area (Å²) in [5.74, 6) is 0. The van der Waals surface area contributed by atoms with Crippen molar-refractivity contribution in [2.24, 2.45) is 0 Å². The van der Waals surface area contributed by atoms with Gasteiger partial charge in [-0.05, 0) is 38.0 Å². The summed E-state index contributed by atoms with van der Waals surface area (Å²) in [6.45, 7) is 5.50. The third kappa shape index (κ3) is 3.78. The SMILES string of the molecule is CCOC(=O)N1CCCN(S(=O)(=O)c2cccc(C)c2)CC1. The van der Waals surface area contributed by atoms with Crippen molar-refractivity contribution in [3.05, 3.63) is 29.8 Å². The van der Waals surface area contributed by atoms with Crippen molar-refractivity contribution in [1.82, 2.24) is 9.21 Å². The van der Waals surface area contributed by atoms with Crippen LogP contribution in [0.1, 0.15) is 18.9 Å². The van der Waals surface area contributed by atoms with Gasteiger partial charge in [0.2, 0.25) is 10.0 Å². The molecule has 0 spiro atoms. The number of sulfonamides is 1. The molecule has 1 heterocycles. The maximum atomic E-state index is 12.7. The van der Waals surface area contributed by atoms with E-state index in [0.29, 0.717) is 37.6 Å². The number of amides is 1. The fraction of sp³-hybridized carbons (Fsp3) is 0.533. The molecule has 1 saturated heterocycles. The van der Waals surface area contributed by atoms with Crippen LogP contribution in [0, 0.1) is 6.92 Å². The number of hydrogen-bond acceptors (Lipinski definition) is 4. The molecule has 0 aromatic heterocycles. The van der Waals surface area contributed by atoms with Gasteiger partial charge in [-0.1, -0.05) is 12.1 Å². The largest absolute Gasteiger partial charge is 0.450 e. The van der Waals surface area contributed by atoms with Crippen LogP contribution in [0.4, 0.5) is 4.79 Å². The Morgan fingerprint density at radius 3 is 2.68 bits per heavy atom. The number of hydrogen-bond donors (Lipinski definition) is 0. The van der Waals surface area contributed by atoms with Gasteiger partial charge in [0.1, 0.15) is 0 Å². The van der Waals surface area contributed by atoms with Crippen molar-refractivity contribution in [2.75, 3.05) is 32.8 Å². The molecule has 0 radical (unpaired) electrons. The van der Waals surface area contributed by atoms with Crippen LogP contribution >= 0.6 is 0 Å². The Balaban J connectivity index is 2.12. The molecule has 2 rings (SSSR count). The molecule has 122 valence electrons. The number of aryl methyl sites for hydroxylation is 1. The maximum absolute atomic E-state index is 12.7. The fourth-order valence-corrected chi connectivity index (χ4v) is 4.03. The zero-order chi connectivity index (χ0) is 16.2. The lowest BCUT2D eigenvalue weighted by molar-refractivity contribution is 0.109. The lowest BCUT2D eigenvalue weighted by Gasteiger charge is -2.21. The summed E-state index contributed by atoms with van der Waals surface area (Å²) in [6, 6.07) is 6.88. The van der Waals surface area contributed by atoms with E-state index in [1.165, 1.54) is 4.31 Å². The molecular weight excluding hydrogens is 304 g/mol. The quantitative estimate of drug-likeness (QED) is 0.850. The van der Waals surface area contributed by atoms with Gasteiger partial charge in [-0.25, -0.2) is 13.2 Å². The highest BCUT2D eigenvalue weighted by Gasteiger charge is 2.28. The van der Waals surface area contributed by atoms with Gasteiger partial charge >= 0.3 is 6.09 Å². The van der Waals surface area contributed by atoms with Crippen LogP contribution in [0.5, 0.6) is 0 Å². The summed E-state index contributed by atoms with van der Waals surface area (Å²) in [4.78, 5) is 13.6.